The third-order valence-electron chi connectivity index (χ3n) is 6.74. The van der Waals surface area contributed by atoms with E-state index in [4.69, 9.17) is 5.73 Å². The first-order valence-electron chi connectivity index (χ1n) is 12.1. The minimum Gasteiger partial charge on any atom is -0.384 e. The van der Waals surface area contributed by atoms with E-state index < -0.39 is 29.8 Å². The molecule has 0 radical (unpaired) electrons. The normalized spacial score (nSPS) is 19.8. The van der Waals surface area contributed by atoms with E-state index in [1.165, 1.54) is 23.9 Å². The Morgan fingerprint density at radius 2 is 1.92 bits per heavy atom. The highest BCUT2D eigenvalue weighted by molar-refractivity contribution is 6.14. The monoisotopic (exact) mass is 505 g/mol. The van der Waals surface area contributed by atoms with Gasteiger partial charge in [-0.25, -0.2) is 14.8 Å². The Kier molecular flexibility index (Phi) is 7.23. The first-order valence-corrected chi connectivity index (χ1v) is 12.1. The highest BCUT2D eigenvalue weighted by Gasteiger charge is 2.56. The molecule has 1 aromatic heterocycles. The number of aliphatic imine (C=N–C) groups is 1. The Labute approximate surface area is 215 Å². The number of anilines is 1. The summed E-state index contributed by atoms with van der Waals surface area (Å²) in [5.74, 6) is -1.52. The second-order valence-electron chi connectivity index (χ2n) is 9.29. The molecule has 1 aromatic carbocycles. The molecule has 5 amide bonds. The van der Waals surface area contributed by atoms with E-state index in [0.717, 1.165) is 16.0 Å². The van der Waals surface area contributed by atoms with Crippen molar-refractivity contribution in [3.05, 3.63) is 59.3 Å². The maximum absolute atomic E-state index is 13.7. The van der Waals surface area contributed by atoms with Crippen LogP contribution in [0.5, 0.6) is 0 Å². The van der Waals surface area contributed by atoms with Gasteiger partial charge >= 0.3 is 6.03 Å². The van der Waals surface area contributed by atoms with Crippen LogP contribution in [0.2, 0.25) is 0 Å². The Balaban J connectivity index is 1.61. The van der Waals surface area contributed by atoms with Crippen molar-refractivity contribution in [1.82, 2.24) is 25.0 Å². The summed E-state index contributed by atoms with van der Waals surface area (Å²) in [6.07, 6.45) is 0.802. The molecule has 37 heavy (non-hydrogen) atoms. The Bertz CT molecular complexity index is 1240. The lowest BCUT2D eigenvalue weighted by Crippen LogP contribution is -2.71. The first kappa shape index (κ1) is 25.8. The number of carbonyl (C=O) groups is 4. The van der Waals surface area contributed by atoms with Crippen LogP contribution in [0.1, 0.15) is 36.2 Å². The molecule has 0 unspecified atom stereocenters. The number of nitrogen functional groups attached to an aromatic ring is 1. The Morgan fingerprint density at radius 1 is 1.22 bits per heavy atom. The summed E-state index contributed by atoms with van der Waals surface area (Å²) in [7, 11) is 3.01. The van der Waals surface area contributed by atoms with Gasteiger partial charge in [-0.05, 0) is 43.0 Å². The third-order valence-corrected chi connectivity index (χ3v) is 6.74. The van der Waals surface area contributed by atoms with E-state index in [-0.39, 0.29) is 30.9 Å². The minimum absolute atomic E-state index is 0.0640. The van der Waals surface area contributed by atoms with Crippen LogP contribution in [-0.4, -0.2) is 76.1 Å². The zero-order chi connectivity index (χ0) is 26.9. The average Bonchev–Trinajstić information content (AvgIpc) is 3.20. The van der Waals surface area contributed by atoms with Crippen molar-refractivity contribution in [1.29, 1.82) is 0 Å². The van der Waals surface area contributed by atoms with Gasteiger partial charge in [-0.2, -0.15) is 0 Å². The fourth-order valence-electron chi connectivity index (χ4n) is 4.81. The summed E-state index contributed by atoms with van der Waals surface area (Å²) in [5.41, 5.74) is 8.21. The quantitative estimate of drug-likeness (QED) is 0.570. The van der Waals surface area contributed by atoms with Gasteiger partial charge in [0.15, 0.2) is 0 Å². The van der Waals surface area contributed by atoms with E-state index >= 15 is 0 Å². The van der Waals surface area contributed by atoms with Gasteiger partial charge in [-0.1, -0.05) is 37.3 Å². The van der Waals surface area contributed by atoms with Gasteiger partial charge in [0.25, 0.3) is 11.8 Å². The SMILES string of the molecule is CC[C@@H](NC(=O)N1C(=O)[C@H](Cc2cc(C)nc(N)c2)[C@H]1C(=O)N(C)C1=NCC(=O)N1C)c1ccccc1. The van der Waals surface area contributed by atoms with Crippen LogP contribution < -0.4 is 11.1 Å². The fourth-order valence-corrected chi connectivity index (χ4v) is 4.81. The number of rotatable bonds is 6. The van der Waals surface area contributed by atoms with Gasteiger partial charge in [0.1, 0.15) is 18.4 Å². The molecule has 2 aliphatic heterocycles. The number of aryl methyl sites for hydroxylation is 1. The second-order valence-corrected chi connectivity index (χ2v) is 9.29. The third kappa shape index (κ3) is 5.02. The van der Waals surface area contributed by atoms with Crippen LogP contribution in [0.25, 0.3) is 0 Å². The summed E-state index contributed by atoms with van der Waals surface area (Å²) in [6.45, 7) is 3.65. The number of amides is 5. The number of aromatic nitrogens is 1. The van der Waals surface area contributed by atoms with Gasteiger partial charge in [0.05, 0.1) is 12.0 Å². The van der Waals surface area contributed by atoms with E-state index in [2.05, 4.69) is 15.3 Å². The largest absolute Gasteiger partial charge is 0.384 e. The van der Waals surface area contributed by atoms with Crippen LogP contribution in [0.15, 0.2) is 47.5 Å². The lowest BCUT2D eigenvalue weighted by atomic mass is 9.81. The summed E-state index contributed by atoms with van der Waals surface area (Å²) in [5, 5.41) is 2.90. The van der Waals surface area contributed by atoms with Crippen LogP contribution in [0.4, 0.5) is 10.6 Å². The molecule has 3 N–H and O–H groups in total. The number of nitrogens with two attached hydrogens (primary N) is 1. The standard InChI is InChI=1S/C26H31N7O4/c1-5-19(17-9-7-6-8-10-17)30-26(37)33-22(24(36)32(4)25-28-14-21(34)31(25)3)18(23(33)35)12-16-11-15(2)29-20(27)13-16/h6-11,13,18-19,22H,5,12,14H2,1-4H3,(H2,27,29)(H,30,37)/t18-,19-,22+/m1/s1. The number of hydrogen-bond acceptors (Lipinski definition) is 7. The summed E-state index contributed by atoms with van der Waals surface area (Å²) in [4.78, 5) is 64.1. The molecular formula is C26H31N7O4. The molecule has 0 aliphatic carbocycles. The number of carbonyl (C=O) groups excluding carboxylic acids is 4. The van der Waals surface area contributed by atoms with Crippen molar-refractivity contribution in [2.24, 2.45) is 10.9 Å². The smallest absolute Gasteiger partial charge is 0.325 e. The highest BCUT2D eigenvalue weighted by atomic mass is 16.2. The number of pyridine rings is 1. The fraction of sp³-hybridized carbons (Fsp3) is 0.385. The maximum Gasteiger partial charge on any atom is 0.325 e. The summed E-state index contributed by atoms with van der Waals surface area (Å²) >= 11 is 0. The first-order chi connectivity index (χ1) is 17.6. The lowest BCUT2D eigenvalue weighted by Gasteiger charge is -2.46. The number of urea groups is 1. The van der Waals surface area contributed by atoms with Crippen molar-refractivity contribution in [2.75, 3.05) is 26.4 Å². The zero-order valence-electron chi connectivity index (χ0n) is 21.3. The predicted molar refractivity (Wildman–Crippen MR) is 137 cm³/mol. The van der Waals surface area contributed by atoms with E-state index in [9.17, 15) is 19.2 Å². The molecule has 0 spiro atoms. The predicted octanol–water partition coefficient (Wildman–Crippen LogP) is 1.49. The van der Waals surface area contributed by atoms with Gasteiger partial charge in [-0.15, -0.1) is 0 Å². The number of nitrogens with zero attached hydrogens (tertiary/aromatic N) is 5. The van der Waals surface area contributed by atoms with Crippen molar-refractivity contribution < 1.29 is 19.2 Å². The maximum atomic E-state index is 13.7. The molecule has 4 rings (SSSR count). The number of β-lactam (4-membered cyclic amide) rings is 1. The van der Waals surface area contributed by atoms with Crippen molar-refractivity contribution in [3.63, 3.8) is 0 Å². The number of hydrogen-bond donors (Lipinski definition) is 2. The molecule has 3 atom stereocenters. The van der Waals surface area contributed by atoms with Crippen molar-refractivity contribution in [3.8, 4) is 0 Å². The van der Waals surface area contributed by atoms with Crippen molar-refractivity contribution in [2.45, 2.75) is 38.8 Å². The molecule has 0 bridgehead atoms. The summed E-state index contributed by atoms with van der Waals surface area (Å²) < 4.78 is 0. The topological polar surface area (TPSA) is 141 Å². The molecule has 2 aromatic rings. The van der Waals surface area contributed by atoms with Crippen LogP contribution >= 0.6 is 0 Å². The molecule has 3 heterocycles. The molecule has 0 saturated carbocycles. The van der Waals surface area contributed by atoms with E-state index in [0.29, 0.717) is 17.9 Å². The van der Waals surface area contributed by atoms with E-state index in [1.54, 1.807) is 19.1 Å². The number of imide groups is 1. The number of likely N-dealkylation sites (N-methyl/N-ethyl adjacent to an activating group) is 2. The van der Waals surface area contributed by atoms with Gasteiger partial charge in [0, 0.05) is 19.8 Å². The second kappa shape index (κ2) is 10.4. The Morgan fingerprint density at radius 3 is 2.51 bits per heavy atom. The molecule has 1 saturated heterocycles. The van der Waals surface area contributed by atoms with Crippen LogP contribution in [0, 0.1) is 12.8 Å². The Hall–Kier alpha value is -4.28. The molecule has 11 nitrogen and oxygen atoms in total. The van der Waals surface area contributed by atoms with Gasteiger partial charge < -0.3 is 11.1 Å². The number of likely N-dealkylation sites (tertiary alicyclic amines) is 1. The number of benzene rings is 1. The molecule has 194 valence electrons. The lowest BCUT2D eigenvalue weighted by molar-refractivity contribution is -0.160. The van der Waals surface area contributed by atoms with Gasteiger partial charge in [0.2, 0.25) is 11.9 Å². The van der Waals surface area contributed by atoms with Crippen molar-refractivity contribution >= 4 is 35.5 Å². The minimum atomic E-state index is -1.08. The molecule has 11 heteroatoms. The number of nitrogens with one attached hydrogen (secondary N) is 1. The molecule has 2 aliphatic rings. The molecule has 1 fully saturated rings. The van der Waals surface area contributed by atoms with Crippen LogP contribution in [-0.2, 0) is 20.8 Å². The highest BCUT2D eigenvalue weighted by Crippen LogP contribution is 2.33. The number of guanidine groups is 1. The zero-order valence-corrected chi connectivity index (χ0v) is 21.3. The van der Waals surface area contributed by atoms with Crippen LogP contribution in [0.3, 0.4) is 0 Å². The van der Waals surface area contributed by atoms with Gasteiger partial charge in [-0.3, -0.25) is 29.1 Å². The summed E-state index contributed by atoms with van der Waals surface area (Å²) in [6, 6.07) is 10.8. The van der Waals surface area contributed by atoms with E-state index in [1.807, 2.05) is 37.3 Å². The average molecular weight is 506 g/mol. The molecular weight excluding hydrogens is 474 g/mol.